The molecule has 21 heavy (non-hydrogen) atoms. The van der Waals surface area contributed by atoms with Crippen LogP contribution in [0.1, 0.15) is 36.0 Å². The number of piperidine rings is 1. The van der Waals surface area contributed by atoms with Crippen molar-refractivity contribution in [1.29, 1.82) is 0 Å². The van der Waals surface area contributed by atoms with Crippen molar-refractivity contribution in [1.82, 2.24) is 9.88 Å². The van der Waals surface area contributed by atoms with Gasteiger partial charge in [0.15, 0.2) is 0 Å². The standard InChI is InChI=1S/C16H19N3O2/c17-15(20)10-13-3-1-2-8-19(13)16(21)12-5-4-11-6-7-18-14(11)9-12/h4-7,9,13,18H,1-3,8,10H2,(H2,17,20)/t13-/m0/s1. The Bertz CT molecular complexity index is 677. The van der Waals surface area contributed by atoms with Crippen molar-refractivity contribution < 1.29 is 9.59 Å². The molecule has 3 rings (SSSR count). The highest BCUT2D eigenvalue weighted by Gasteiger charge is 2.28. The number of aromatic nitrogens is 1. The number of hydrogen-bond donors (Lipinski definition) is 2. The number of benzene rings is 1. The SMILES string of the molecule is NC(=O)C[C@@H]1CCCCN1C(=O)c1ccc2cc[nH]c2c1. The minimum atomic E-state index is -0.348. The second-order valence-corrected chi connectivity index (χ2v) is 5.60. The third kappa shape index (κ3) is 2.77. The maximum atomic E-state index is 12.7. The minimum absolute atomic E-state index is 0.0162. The molecule has 1 aromatic carbocycles. The van der Waals surface area contributed by atoms with E-state index in [2.05, 4.69) is 4.98 Å². The highest BCUT2D eigenvalue weighted by Crippen LogP contribution is 2.23. The van der Waals surface area contributed by atoms with Crippen molar-refractivity contribution in [2.45, 2.75) is 31.7 Å². The number of carbonyl (C=O) groups is 2. The fourth-order valence-electron chi connectivity index (χ4n) is 3.06. The van der Waals surface area contributed by atoms with Crippen molar-refractivity contribution in [3.05, 3.63) is 36.0 Å². The fourth-order valence-corrected chi connectivity index (χ4v) is 3.06. The number of rotatable bonds is 3. The van der Waals surface area contributed by atoms with Gasteiger partial charge in [-0.1, -0.05) is 6.07 Å². The highest BCUT2D eigenvalue weighted by molar-refractivity contribution is 5.98. The van der Waals surface area contributed by atoms with Gasteiger partial charge >= 0.3 is 0 Å². The summed E-state index contributed by atoms with van der Waals surface area (Å²) in [5.74, 6) is -0.364. The second-order valence-electron chi connectivity index (χ2n) is 5.60. The smallest absolute Gasteiger partial charge is 0.254 e. The lowest BCUT2D eigenvalue weighted by Gasteiger charge is -2.35. The zero-order chi connectivity index (χ0) is 14.8. The summed E-state index contributed by atoms with van der Waals surface area (Å²) in [5.41, 5.74) is 6.91. The molecule has 1 aromatic heterocycles. The maximum Gasteiger partial charge on any atom is 0.254 e. The van der Waals surface area contributed by atoms with Gasteiger partial charge < -0.3 is 15.6 Å². The third-order valence-electron chi connectivity index (χ3n) is 4.13. The van der Waals surface area contributed by atoms with Crippen LogP contribution in [0.15, 0.2) is 30.5 Å². The molecular weight excluding hydrogens is 266 g/mol. The number of carbonyl (C=O) groups excluding carboxylic acids is 2. The van der Waals surface area contributed by atoms with Gasteiger partial charge in [0.05, 0.1) is 0 Å². The Hall–Kier alpha value is -2.30. The average Bonchev–Trinajstić information content (AvgIpc) is 2.94. The number of amides is 2. The van der Waals surface area contributed by atoms with Crippen LogP contribution in [-0.2, 0) is 4.79 Å². The molecule has 1 atom stereocenters. The Labute approximate surface area is 123 Å². The van der Waals surface area contributed by atoms with Crippen molar-refractivity contribution in [3.8, 4) is 0 Å². The van der Waals surface area contributed by atoms with Crippen molar-refractivity contribution in [2.24, 2.45) is 5.73 Å². The van der Waals surface area contributed by atoms with Crippen LogP contribution in [-0.4, -0.2) is 34.3 Å². The van der Waals surface area contributed by atoms with Gasteiger partial charge in [0.1, 0.15) is 0 Å². The fraction of sp³-hybridized carbons (Fsp3) is 0.375. The van der Waals surface area contributed by atoms with Crippen molar-refractivity contribution in [3.63, 3.8) is 0 Å². The van der Waals surface area contributed by atoms with E-state index in [1.807, 2.05) is 30.5 Å². The average molecular weight is 285 g/mol. The van der Waals surface area contributed by atoms with E-state index in [4.69, 9.17) is 5.73 Å². The Morgan fingerprint density at radius 1 is 1.29 bits per heavy atom. The molecule has 1 fully saturated rings. The summed E-state index contributed by atoms with van der Waals surface area (Å²) in [5, 5.41) is 1.08. The molecule has 0 saturated carbocycles. The topological polar surface area (TPSA) is 79.2 Å². The number of fused-ring (bicyclic) bond motifs is 1. The summed E-state index contributed by atoms with van der Waals surface area (Å²) in [7, 11) is 0. The molecule has 0 spiro atoms. The lowest BCUT2D eigenvalue weighted by Crippen LogP contribution is -2.45. The molecule has 2 amide bonds. The van der Waals surface area contributed by atoms with E-state index in [9.17, 15) is 9.59 Å². The first-order chi connectivity index (χ1) is 10.1. The van der Waals surface area contributed by atoms with E-state index in [1.54, 1.807) is 4.90 Å². The summed E-state index contributed by atoms with van der Waals surface area (Å²) in [4.78, 5) is 28.8. The van der Waals surface area contributed by atoms with Crippen molar-refractivity contribution in [2.75, 3.05) is 6.54 Å². The van der Waals surface area contributed by atoms with E-state index in [0.717, 1.165) is 30.2 Å². The zero-order valence-electron chi connectivity index (χ0n) is 11.8. The van der Waals surface area contributed by atoms with E-state index in [-0.39, 0.29) is 24.3 Å². The van der Waals surface area contributed by atoms with Crippen LogP contribution in [0.25, 0.3) is 10.9 Å². The molecule has 2 heterocycles. The summed E-state index contributed by atoms with van der Waals surface area (Å²) >= 11 is 0. The molecule has 1 aliphatic rings. The predicted octanol–water partition coefficient (Wildman–Crippen LogP) is 2.04. The van der Waals surface area contributed by atoms with Crippen molar-refractivity contribution >= 4 is 22.7 Å². The van der Waals surface area contributed by atoms with Gasteiger partial charge in [-0.2, -0.15) is 0 Å². The number of primary amides is 1. The minimum Gasteiger partial charge on any atom is -0.370 e. The van der Waals surface area contributed by atoms with E-state index in [0.29, 0.717) is 12.1 Å². The van der Waals surface area contributed by atoms with Crippen LogP contribution in [0, 0.1) is 0 Å². The second kappa shape index (κ2) is 5.60. The molecular formula is C16H19N3O2. The molecule has 5 heteroatoms. The molecule has 1 saturated heterocycles. The lowest BCUT2D eigenvalue weighted by atomic mass is 9.98. The first-order valence-electron chi connectivity index (χ1n) is 7.31. The van der Waals surface area contributed by atoms with Gasteiger partial charge in [-0.3, -0.25) is 9.59 Å². The monoisotopic (exact) mass is 285 g/mol. The Kier molecular flexibility index (Phi) is 3.64. The summed E-state index contributed by atoms with van der Waals surface area (Å²) in [6.07, 6.45) is 4.97. The van der Waals surface area contributed by atoms with Gasteiger partial charge in [-0.15, -0.1) is 0 Å². The van der Waals surface area contributed by atoms with E-state index >= 15 is 0 Å². The normalized spacial score (nSPS) is 18.9. The van der Waals surface area contributed by atoms with Crippen LogP contribution in [0.2, 0.25) is 0 Å². The number of likely N-dealkylation sites (tertiary alicyclic amines) is 1. The summed E-state index contributed by atoms with van der Waals surface area (Å²) in [6, 6.07) is 7.55. The third-order valence-corrected chi connectivity index (χ3v) is 4.13. The Morgan fingerprint density at radius 3 is 2.95 bits per heavy atom. The van der Waals surface area contributed by atoms with Gasteiger partial charge in [-0.25, -0.2) is 0 Å². The molecule has 3 N–H and O–H groups in total. The number of nitrogens with two attached hydrogens (primary N) is 1. The maximum absolute atomic E-state index is 12.7. The van der Waals surface area contributed by atoms with Gasteiger partial charge in [0.25, 0.3) is 5.91 Å². The van der Waals surface area contributed by atoms with Crippen LogP contribution < -0.4 is 5.73 Å². The molecule has 1 aliphatic heterocycles. The quantitative estimate of drug-likeness (QED) is 0.905. The molecule has 0 radical (unpaired) electrons. The lowest BCUT2D eigenvalue weighted by molar-refractivity contribution is -0.119. The number of nitrogens with zero attached hydrogens (tertiary/aromatic N) is 1. The van der Waals surface area contributed by atoms with E-state index in [1.165, 1.54) is 0 Å². The molecule has 110 valence electrons. The number of hydrogen-bond acceptors (Lipinski definition) is 2. The van der Waals surface area contributed by atoms with Gasteiger partial charge in [0.2, 0.25) is 5.91 Å². The van der Waals surface area contributed by atoms with Gasteiger partial charge in [0, 0.05) is 36.3 Å². The largest absolute Gasteiger partial charge is 0.370 e. The highest BCUT2D eigenvalue weighted by atomic mass is 16.2. The Balaban J connectivity index is 1.85. The van der Waals surface area contributed by atoms with E-state index < -0.39 is 0 Å². The van der Waals surface area contributed by atoms with Crippen LogP contribution in [0.5, 0.6) is 0 Å². The van der Waals surface area contributed by atoms with Gasteiger partial charge in [-0.05, 0) is 42.8 Å². The van der Waals surface area contributed by atoms with Crippen LogP contribution in [0.4, 0.5) is 0 Å². The molecule has 5 nitrogen and oxygen atoms in total. The first kappa shape index (κ1) is 13.7. The number of nitrogens with one attached hydrogen (secondary N) is 1. The Morgan fingerprint density at radius 2 is 2.14 bits per heavy atom. The summed E-state index contributed by atoms with van der Waals surface area (Å²) < 4.78 is 0. The van der Waals surface area contributed by atoms with Crippen LogP contribution in [0.3, 0.4) is 0 Å². The molecule has 0 unspecified atom stereocenters. The predicted molar refractivity (Wildman–Crippen MR) is 80.8 cm³/mol. The summed E-state index contributed by atoms with van der Waals surface area (Å²) in [6.45, 7) is 0.694. The molecule has 2 aromatic rings. The van der Waals surface area contributed by atoms with Crippen LogP contribution >= 0.6 is 0 Å². The number of H-pyrrole nitrogens is 1. The number of aromatic amines is 1. The molecule has 0 bridgehead atoms. The molecule has 0 aliphatic carbocycles. The first-order valence-corrected chi connectivity index (χ1v) is 7.31. The zero-order valence-corrected chi connectivity index (χ0v) is 11.8.